The average molecular weight is 456 g/mol. The monoisotopic (exact) mass is 455 g/mol. The van der Waals surface area contributed by atoms with Gasteiger partial charge in [-0.05, 0) is 48.4 Å². The van der Waals surface area contributed by atoms with Crippen molar-refractivity contribution < 1.29 is 22.4 Å². The molecule has 0 bridgehead atoms. The lowest BCUT2D eigenvalue weighted by Crippen LogP contribution is -2.26. The smallest absolute Gasteiger partial charge is 0.286 e. The van der Waals surface area contributed by atoms with E-state index in [4.69, 9.17) is 4.42 Å². The lowest BCUT2D eigenvalue weighted by atomic mass is 10.2. The second-order valence-corrected chi connectivity index (χ2v) is 9.20. The Morgan fingerprint density at radius 3 is 2.34 bits per heavy atom. The van der Waals surface area contributed by atoms with Crippen LogP contribution >= 0.6 is 0 Å². The molecule has 3 rings (SSSR count). The van der Waals surface area contributed by atoms with Crippen LogP contribution in [0.15, 0.2) is 82.3 Å². The fourth-order valence-electron chi connectivity index (χ4n) is 2.98. The van der Waals surface area contributed by atoms with Gasteiger partial charge in [0.05, 0.1) is 11.2 Å². The highest BCUT2D eigenvalue weighted by atomic mass is 32.2. The molecule has 9 heteroatoms. The van der Waals surface area contributed by atoms with Gasteiger partial charge in [0, 0.05) is 32.2 Å². The summed E-state index contributed by atoms with van der Waals surface area (Å²) >= 11 is 0. The zero-order valence-electron chi connectivity index (χ0n) is 17.7. The molecule has 3 aromatic rings. The van der Waals surface area contributed by atoms with E-state index < -0.39 is 10.0 Å². The molecule has 0 saturated heterocycles. The highest BCUT2D eigenvalue weighted by Gasteiger charge is 2.21. The topological polar surface area (TPSA) is 109 Å². The second kappa shape index (κ2) is 10.7. The number of carbonyl (C=O) groups excluding carboxylic acids is 2. The molecule has 0 spiro atoms. The number of rotatable bonds is 10. The minimum atomic E-state index is -3.65. The number of furan rings is 1. The number of anilines is 1. The molecule has 0 aliphatic heterocycles. The minimum absolute atomic E-state index is 0.148. The zero-order chi connectivity index (χ0) is 23.0. The Hall–Kier alpha value is -3.43. The van der Waals surface area contributed by atoms with Crippen LogP contribution in [0.3, 0.4) is 0 Å². The van der Waals surface area contributed by atoms with Crippen molar-refractivity contribution in [1.29, 1.82) is 0 Å². The number of hydrogen-bond acceptors (Lipinski definition) is 5. The molecule has 2 amide bonds. The maximum atomic E-state index is 12.8. The van der Waals surface area contributed by atoms with Crippen LogP contribution in [0.5, 0.6) is 0 Å². The Morgan fingerprint density at radius 1 is 0.969 bits per heavy atom. The van der Waals surface area contributed by atoms with Gasteiger partial charge in [0.2, 0.25) is 15.9 Å². The number of nitrogens with one attached hydrogen (secondary N) is 2. The number of hydrogen-bond donors (Lipinski definition) is 2. The first kappa shape index (κ1) is 23.2. The van der Waals surface area contributed by atoms with E-state index in [0.717, 1.165) is 5.56 Å². The van der Waals surface area contributed by atoms with E-state index in [1.54, 1.807) is 24.3 Å². The van der Waals surface area contributed by atoms with Crippen LogP contribution < -0.4 is 10.6 Å². The van der Waals surface area contributed by atoms with E-state index >= 15 is 0 Å². The SMILES string of the molecule is CN(Cc1ccccc1)S(=O)(=O)c1ccc(NC(=O)CCCNC(=O)c2ccco2)cc1. The first-order valence-corrected chi connectivity index (χ1v) is 11.5. The third kappa shape index (κ3) is 6.29. The Bertz CT molecular complexity index is 1130. The van der Waals surface area contributed by atoms with Crippen molar-refractivity contribution >= 4 is 27.5 Å². The standard InChI is InChI=1S/C23H25N3O5S/c1-26(17-18-7-3-2-4-8-18)32(29,30)20-13-11-19(12-14-20)25-22(27)10-5-15-24-23(28)21-9-6-16-31-21/h2-4,6-9,11-14,16H,5,10,15,17H2,1H3,(H,24,28)(H,25,27). The van der Waals surface area contributed by atoms with Crippen molar-refractivity contribution in [3.63, 3.8) is 0 Å². The summed E-state index contributed by atoms with van der Waals surface area (Å²) in [7, 11) is -2.12. The van der Waals surface area contributed by atoms with Gasteiger partial charge in [-0.3, -0.25) is 9.59 Å². The molecule has 0 fully saturated rings. The first-order chi connectivity index (χ1) is 15.4. The minimum Gasteiger partial charge on any atom is -0.459 e. The third-order valence-corrected chi connectivity index (χ3v) is 6.52. The third-order valence-electron chi connectivity index (χ3n) is 4.71. The molecule has 1 aromatic heterocycles. The summed E-state index contributed by atoms with van der Waals surface area (Å²) in [6, 6.07) is 18.6. The van der Waals surface area contributed by atoms with Crippen molar-refractivity contribution in [2.45, 2.75) is 24.3 Å². The van der Waals surface area contributed by atoms with Crippen LogP contribution in [0.4, 0.5) is 5.69 Å². The number of amides is 2. The number of sulfonamides is 1. The molecule has 168 valence electrons. The van der Waals surface area contributed by atoms with Crippen LogP contribution in [0, 0.1) is 0 Å². The number of nitrogens with zero attached hydrogens (tertiary/aromatic N) is 1. The normalized spacial score (nSPS) is 11.3. The Labute approximate surface area is 187 Å². The molecule has 0 saturated carbocycles. The molecule has 32 heavy (non-hydrogen) atoms. The fourth-order valence-corrected chi connectivity index (χ4v) is 4.14. The zero-order valence-corrected chi connectivity index (χ0v) is 18.5. The molecule has 8 nitrogen and oxygen atoms in total. The Balaban J connectivity index is 1.47. The quantitative estimate of drug-likeness (QED) is 0.456. The van der Waals surface area contributed by atoms with E-state index in [0.29, 0.717) is 18.7 Å². The van der Waals surface area contributed by atoms with Gasteiger partial charge in [-0.1, -0.05) is 30.3 Å². The predicted molar refractivity (Wildman–Crippen MR) is 120 cm³/mol. The highest BCUT2D eigenvalue weighted by Crippen LogP contribution is 2.19. The van der Waals surface area contributed by atoms with E-state index in [-0.39, 0.29) is 35.4 Å². The second-order valence-electron chi connectivity index (χ2n) is 7.16. The lowest BCUT2D eigenvalue weighted by Gasteiger charge is -2.17. The van der Waals surface area contributed by atoms with Crippen molar-refractivity contribution in [2.24, 2.45) is 0 Å². The maximum Gasteiger partial charge on any atom is 0.286 e. The summed E-state index contributed by atoms with van der Waals surface area (Å²) < 4.78 is 31.8. The molecule has 2 aromatic carbocycles. The molecule has 2 N–H and O–H groups in total. The lowest BCUT2D eigenvalue weighted by molar-refractivity contribution is -0.116. The van der Waals surface area contributed by atoms with Gasteiger partial charge in [0.25, 0.3) is 5.91 Å². The van der Waals surface area contributed by atoms with E-state index in [9.17, 15) is 18.0 Å². The summed E-state index contributed by atoms with van der Waals surface area (Å²) in [5.41, 5.74) is 1.39. The molecule has 1 heterocycles. The van der Waals surface area contributed by atoms with Gasteiger partial charge >= 0.3 is 0 Å². The Kier molecular flexibility index (Phi) is 7.80. The molecule has 0 radical (unpaired) electrons. The summed E-state index contributed by atoms with van der Waals surface area (Å²) in [6.07, 6.45) is 2.08. The van der Waals surface area contributed by atoms with Crippen molar-refractivity contribution in [1.82, 2.24) is 9.62 Å². The number of carbonyl (C=O) groups is 2. The summed E-state index contributed by atoms with van der Waals surface area (Å²) in [4.78, 5) is 24.0. The molecule has 0 aliphatic rings. The largest absolute Gasteiger partial charge is 0.459 e. The molecule has 0 atom stereocenters. The van der Waals surface area contributed by atoms with E-state index in [2.05, 4.69) is 10.6 Å². The molecular formula is C23H25N3O5S. The van der Waals surface area contributed by atoms with Crippen molar-refractivity contribution in [3.05, 3.63) is 84.3 Å². The summed E-state index contributed by atoms with van der Waals surface area (Å²) in [6.45, 7) is 0.593. The van der Waals surface area contributed by atoms with Gasteiger partial charge in [0.1, 0.15) is 0 Å². The first-order valence-electron chi connectivity index (χ1n) is 10.1. The highest BCUT2D eigenvalue weighted by molar-refractivity contribution is 7.89. The van der Waals surface area contributed by atoms with Crippen LogP contribution in [0.2, 0.25) is 0 Å². The van der Waals surface area contributed by atoms with Crippen LogP contribution in [0.1, 0.15) is 29.0 Å². The van der Waals surface area contributed by atoms with Gasteiger partial charge < -0.3 is 15.1 Å². The molecular weight excluding hydrogens is 430 g/mol. The van der Waals surface area contributed by atoms with Gasteiger partial charge in [-0.25, -0.2) is 8.42 Å². The van der Waals surface area contributed by atoms with Crippen LogP contribution in [0.25, 0.3) is 0 Å². The molecule has 0 aliphatic carbocycles. The van der Waals surface area contributed by atoms with Gasteiger partial charge in [-0.2, -0.15) is 4.31 Å². The van der Waals surface area contributed by atoms with Gasteiger partial charge in [-0.15, -0.1) is 0 Å². The summed E-state index contributed by atoms with van der Waals surface area (Å²) in [5, 5.41) is 5.40. The average Bonchev–Trinajstić information content (AvgIpc) is 3.33. The van der Waals surface area contributed by atoms with Crippen molar-refractivity contribution in [3.8, 4) is 0 Å². The van der Waals surface area contributed by atoms with Gasteiger partial charge in [0.15, 0.2) is 5.76 Å². The van der Waals surface area contributed by atoms with Crippen molar-refractivity contribution in [2.75, 3.05) is 18.9 Å². The van der Waals surface area contributed by atoms with E-state index in [1.807, 2.05) is 30.3 Å². The maximum absolute atomic E-state index is 12.8. The predicted octanol–water partition coefficient (Wildman–Crippen LogP) is 3.25. The summed E-state index contributed by atoms with van der Waals surface area (Å²) in [5.74, 6) is -0.336. The fraction of sp³-hybridized carbons (Fsp3) is 0.217. The Morgan fingerprint density at radius 2 is 1.69 bits per heavy atom. The van der Waals surface area contributed by atoms with E-state index in [1.165, 1.54) is 29.7 Å². The van der Waals surface area contributed by atoms with Crippen LogP contribution in [-0.2, 0) is 21.4 Å². The van der Waals surface area contributed by atoms with Crippen LogP contribution in [-0.4, -0.2) is 38.1 Å². The molecule has 0 unspecified atom stereocenters. The number of benzene rings is 2.